The first-order valence-corrected chi connectivity index (χ1v) is 8.97. The van der Waals surface area contributed by atoms with Gasteiger partial charge in [0, 0.05) is 0 Å². The van der Waals surface area contributed by atoms with Gasteiger partial charge in [0.25, 0.3) is 0 Å². The van der Waals surface area contributed by atoms with Crippen molar-refractivity contribution in [3.05, 3.63) is 0 Å². The van der Waals surface area contributed by atoms with Gasteiger partial charge in [0.05, 0.1) is 0 Å². The molecule has 0 rings (SSSR count). The van der Waals surface area contributed by atoms with Crippen LogP contribution in [0.4, 0.5) is 0 Å². The van der Waals surface area contributed by atoms with Gasteiger partial charge in [0.1, 0.15) is 0 Å². The fourth-order valence-corrected chi connectivity index (χ4v) is 4.02. The van der Waals surface area contributed by atoms with E-state index in [0.717, 1.165) is 26.2 Å². The van der Waals surface area contributed by atoms with E-state index in [4.69, 9.17) is 7.80 Å². The maximum absolute atomic E-state index is 5.67. The first-order valence-electron chi connectivity index (χ1n) is 5.93. The van der Waals surface area contributed by atoms with E-state index in [-0.39, 0.29) is 6.23 Å². The van der Waals surface area contributed by atoms with Crippen LogP contribution in [0.3, 0.4) is 0 Å². The average molecular weight is 347 g/mol. The van der Waals surface area contributed by atoms with Crippen molar-refractivity contribution in [1.82, 2.24) is 12.4 Å². The van der Waals surface area contributed by atoms with Gasteiger partial charge in [-0.25, -0.2) is 0 Å². The molecular formula is C10H26IN3O2. The molecule has 0 aromatic heterocycles. The molecule has 0 fully saturated rings. The summed E-state index contributed by atoms with van der Waals surface area (Å²) in [6, 6.07) is 0. The number of ether oxygens (including phenoxy) is 1. The molecule has 1 unspecified atom stereocenters. The van der Waals surface area contributed by atoms with Crippen LogP contribution >= 0.6 is 20.8 Å². The third kappa shape index (κ3) is 8.66. The van der Waals surface area contributed by atoms with Gasteiger partial charge in [0.2, 0.25) is 0 Å². The minimum absolute atomic E-state index is 0.0424. The van der Waals surface area contributed by atoms with E-state index in [1.165, 1.54) is 0 Å². The Morgan fingerprint density at radius 2 is 1.81 bits per heavy atom. The van der Waals surface area contributed by atoms with Crippen molar-refractivity contribution in [1.29, 1.82) is 0 Å². The summed E-state index contributed by atoms with van der Waals surface area (Å²) < 4.78 is 18.1. The monoisotopic (exact) mass is 347 g/mol. The molecule has 0 aromatic rings. The van der Waals surface area contributed by atoms with Crippen molar-refractivity contribution >= 4 is 20.8 Å². The molecule has 0 aliphatic heterocycles. The quantitative estimate of drug-likeness (QED) is 0.300. The molecule has 0 spiro atoms. The van der Waals surface area contributed by atoms with Crippen LogP contribution in [0, 0.1) is 0 Å². The first-order chi connectivity index (χ1) is 7.78. The summed E-state index contributed by atoms with van der Waals surface area (Å²) in [5.41, 5.74) is 0. The molecule has 0 aliphatic rings. The fourth-order valence-electron chi connectivity index (χ4n) is 1.06. The van der Waals surface area contributed by atoms with Gasteiger partial charge in [-0.15, -0.1) is 0 Å². The van der Waals surface area contributed by atoms with Crippen molar-refractivity contribution in [3.8, 4) is 0 Å². The van der Waals surface area contributed by atoms with Gasteiger partial charge in [-0.05, 0) is 0 Å². The number of nitrogens with one attached hydrogen (secondary N) is 3. The molecule has 0 aliphatic carbocycles. The van der Waals surface area contributed by atoms with E-state index in [0.29, 0.717) is 6.61 Å². The molecule has 1 atom stereocenters. The molecule has 3 N–H and O–H groups in total. The van der Waals surface area contributed by atoms with Gasteiger partial charge in [-0.2, -0.15) is 0 Å². The van der Waals surface area contributed by atoms with Crippen molar-refractivity contribution in [3.63, 3.8) is 0 Å². The molecule has 0 aromatic carbocycles. The molecular weight excluding hydrogens is 321 g/mol. The molecule has 0 saturated carbocycles. The van der Waals surface area contributed by atoms with Crippen LogP contribution in [-0.2, 0) is 7.80 Å². The molecule has 0 heterocycles. The fraction of sp³-hybridized carbons (Fsp3) is 1.00. The number of hydrogen-bond donors (Lipinski definition) is 3. The van der Waals surface area contributed by atoms with Crippen LogP contribution in [0.1, 0.15) is 27.7 Å². The number of halogens is 1. The number of likely N-dealkylation sites (N-methyl/N-ethyl adjacent to an activating group) is 1. The predicted octanol–water partition coefficient (Wildman–Crippen LogP) is 1.45. The third-order valence-corrected chi connectivity index (χ3v) is 5.60. The van der Waals surface area contributed by atoms with E-state index in [9.17, 15) is 0 Å². The average Bonchev–Trinajstić information content (AvgIpc) is 2.27. The third-order valence-electron chi connectivity index (χ3n) is 1.64. The molecule has 16 heavy (non-hydrogen) atoms. The maximum atomic E-state index is 5.67. The molecule has 100 valence electrons. The van der Waals surface area contributed by atoms with Gasteiger partial charge >= 0.3 is 108 Å². The Bertz CT molecular complexity index is 146. The Hall–Kier alpha value is 0.530. The zero-order chi connectivity index (χ0) is 12.2. The number of rotatable bonds is 11. The number of hydrogen-bond acceptors (Lipinski definition) is 5. The van der Waals surface area contributed by atoms with E-state index >= 15 is 0 Å². The summed E-state index contributed by atoms with van der Waals surface area (Å²) in [5.74, 6) is 0. The molecule has 0 saturated heterocycles. The zero-order valence-corrected chi connectivity index (χ0v) is 13.0. The van der Waals surface area contributed by atoms with Crippen molar-refractivity contribution in [2.75, 3.05) is 32.8 Å². The summed E-state index contributed by atoms with van der Waals surface area (Å²) in [5, 5.41) is 3.28. The Balaban J connectivity index is 3.98. The summed E-state index contributed by atoms with van der Waals surface area (Å²) in [7, 11) is 0. The van der Waals surface area contributed by atoms with E-state index in [1.807, 2.05) is 13.8 Å². The minimum atomic E-state index is -1.71. The molecule has 6 heteroatoms. The Kier molecular flexibility index (Phi) is 12.4. The molecule has 0 bridgehead atoms. The van der Waals surface area contributed by atoms with E-state index < -0.39 is 20.8 Å². The van der Waals surface area contributed by atoms with Crippen molar-refractivity contribution in [2.24, 2.45) is 0 Å². The summed E-state index contributed by atoms with van der Waals surface area (Å²) in [6.45, 7) is 12.4. The summed E-state index contributed by atoms with van der Waals surface area (Å²) in [6.07, 6.45) is 0.0424. The normalized spacial score (nSPS) is 13.9. The van der Waals surface area contributed by atoms with E-state index in [2.05, 4.69) is 26.2 Å². The van der Waals surface area contributed by atoms with Crippen LogP contribution in [0.15, 0.2) is 0 Å². The van der Waals surface area contributed by atoms with Crippen LogP contribution < -0.4 is 12.4 Å². The van der Waals surface area contributed by atoms with Crippen LogP contribution in [0.25, 0.3) is 0 Å². The van der Waals surface area contributed by atoms with Gasteiger partial charge in [-0.3, -0.25) is 0 Å². The van der Waals surface area contributed by atoms with Crippen LogP contribution in [-0.4, -0.2) is 39.1 Å². The van der Waals surface area contributed by atoms with Gasteiger partial charge in [-0.1, -0.05) is 0 Å². The SMILES string of the molecule is CCNCC(NI(NCC)OCC)OCC. The summed E-state index contributed by atoms with van der Waals surface area (Å²) in [4.78, 5) is 0. The van der Waals surface area contributed by atoms with Crippen LogP contribution in [0.5, 0.6) is 0 Å². The second-order valence-corrected chi connectivity index (χ2v) is 6.42. The molecule has 0 radical (unpaired) electrons. The Morgan fingerprint density at radius 3 is 2.31 bits per heavy atom. The Morgan fingerprint density at radius 1 is 1.06 bits per heavy atom. The Labute approximate surface area is 108 Å². The summed E-state index contributed by atoms with van der Waals surface area (Å²) >= 11 is -1.71. The zero-order valence-electron chi connectivity index (χ0n) is 10.8. The predicted molar refractivity (Wildman–Crippen MR) is 76.4 cm³/mol. The first kappa shape index (κ1) is 16.5. The van der Waals surface area contributed by atoms with Crippen LogP contribution in [0.2, 0.25) is 0 Å². The van der Waals surface area contributed by atoms with Gasteiger partial charge in [0.15, 0.2) is 0 Å². The standard InChI is InChI=1S/C10H26IN3O2/c1-5-12-9-10(15-7-3)14-11(13-6-2)16-8-4/h10,12-14H,5-9H2,1-4H3. The molecule has 5 nitrogen and oxygen atoms in total. The topological polar surface area (TPSA) is 54.5 Å². The van der Waals surface area contributed by atoms with Crippen molar-refractivity contribution in [2.45, 2.75) is 33.9 Å². The van der Waals surface area contributed by atoms with Gasteiger partial charge < -0.3 is 0 Å². The van der Waals surface area contributed by atoms with E-state index in [1.54, 1.807) is 0 Å². The molecule has 0 amide bonds. The second-order valence-electron chi connectivity index (χ2n) is 2.99. The van der Waals surface area contributed by atoms with Crippen molar-refractivity contribution < 1.29 is 7.80 Å². The second kappa shape index (κ2) is 12.0.